The van der Waals surface area contributed by atoms with Crippen LogP contribution >= 0.6 is 23.2 Å². The van der Waals surface area contributed by atoms with Crippen LogP contribution in [0.1, 0.15) is 28.6 Å². The Kier molecular flexibility index (Phi) is 4.19. The molecule has 102 valence electrons. The summed E-state index contributed by atoms with van der Waals surface area (Å²) in [7, 11) is 1.88. The molecule has 2 N–H and O–H groups in total. The van der Waals surface area contributed by atoms with E-state index < -0.39 is 0 Å². The van der Waals surface area contributed by atoms with Gasteiger partial charge in [0.2, 0.25) is 0 Å². The molecule has 3 nitrogen and oxygen atoms in total. The number of hydrogen-bond acceptors (Lipinski definition) is 2. The number of benzene rings is 1. The van der Waals surface area contributed by atoms with E-state index in [1.807, 2.05) is 39.1 Å². The van der Waals surface area contributed by atoms with E-state index in [0.717, 1.165) is 22.5 Å². The van der Waals surface area contributed by atoms with Gasteiger partial charge in [-0.1, -0.05) is 29.3 Å². The fraction of sp³-hybridized carbons (Fsp3) is 0.357. The van der Waals surface area contributed by atoms with E-state index in [0.29, 0.717) is 16.5 Å². The normalized spacial score (nSPS) is 12.7. The molecule has 0 amide bonds. The Balaban J connectivity index is 2.27. The van der Waals surface area contributed by atoms with Crippen LogP contribution in [0.4, 0.5) is 0 Å². The second kappa shape index (κ2) is 5.53. The number of halogens is 2. The van der Waals surface area contributed by atoms with E-state index in [1.54, 1.807) is 4.68 Å². The molecule has 1 unspecified atom stereocenters. The first-order valence-corrected chi connectivity index (χ1v) is 6.84. The van der Waals surface area contributed by atoms with E-state index in [2.05, 4.69) is 5.10 Å². The van der Waals surface area contributed by atoms with Crippen LogP contribution in [0, 0.1) is 13.8 Å². The molecule has 0 saturated carbocycles. The van der Waals surface area contributed by atoms with Crippen molar-refractivity contribution in [3.05, 3.63) is 50.8 Å². The molecule has 2 aromatic rings. The molecule has 0 fully saturated rings. The van der Waals surface area contributed by atoms with Gasteiger partial charge in [-0.15, -0.1) is 0 Å². The Morgan fingerprint density at radius 3 is 2.47 bits per heavy atom. The maximum Gasteiger partial charge on any atom is 0.0847 e. The Labute approximate surface area is 123 Å². The molecule has 1 aromatic heterocycles. The predicted octanol–water partition coefficient (Wildman–Crippen LogP) is 3.59. The van der Waals surface area contributed by atoms with Gasteiger partial charge in [0.25, 0.3) is 0 Å². The van der Waals surface area contributed by atoms with Crippen LogP contribution in [0.25, 0.3) is 0 Å². The third-order valence-electron chi connectivity index (χ3n) is 3.17. The smallest absolute Gasteiger partial charge is 0.0847 e. The lowest BCUT2D eigenvalue weighted by Gasteiger charge is -2.14. The lowest BCUT2D eigenvalue weighted by Crippen LogP contribution is -2.15. The van der Waals surface area contributed by atoms with Gasteiger partial charge in [-0.3, -0.25) is 4.68 Å². The average Bonchev–Trinajstić information content (AvgIpc) is 2.54. The monoisotopic (exact) mass is 297 g/mol. The quantitative estimate of drug-likeness (QED) is 0.941. The standard InChI is InChI=1S/C14H17Cl2N3/c1-8-4-10(6-11(15)5-8)12(17)7-13-14(16)9(2)18-19(13)3/h4-6,12H,7,17H2,1-3H3. The Bertz CT molecular complexity index is 585. The number of aromatic nitrogens is 2. The molecule has 0 aliphatic carbocycles. The summed E-state index contributed by atoms with van der Waals surface area (Å²) < 4.78 is 1.79. The minimum atomic E-state index is -0.148. The van der Waals surface area contributed by atoms with Crippen molar-refractivity contribution >= 4 is 23.2 Å². The van der Waals surface area contributed by atoms with Gasteiger partial charge in [0.1, 0.15) is 0 Å². The van der Waals surface area contributed by atoms with Crippen molar-refractivity contribution in [2.24, 2.45) is 12.8 Å². The van der Waals surface area contributed by atoms with Gasteiger partial charge in [0.15, 0.2) is 0 Å². The predicted molar refractivity (Wildman–Crippen MR) is 79.8 cm³/mol. The topological polar surface area (TPSA) is 43.8 Å². The zero-order chi connectivity index (χ0) is 14.2. The van der Waals surface area contributed by atoms with Crippen LogP contribution < -0.4 is 5.73 Å². The minimum absolute atomic E-state index is 0.148. The van der Waals surface area contributed by atoms with Gasteiger partial charge in [-0.2, -0.15) is 5.10 Å². The molecular weight excluding hydrogens is 281 g/mol. The Hall–Kier alpha value is -1.03. The molecule has 0 radical (unpaired) electrons. The van der Waals surface area contributed by atoms with Crippen LogP contribution in [0.5, 0.6) is 0 Å². The summed E-state index contributed by atoms with van der Waals surface area (Å²) in [5, 5.41) is 5.69. The van der Waals surface area contributed by atoms with E-state index in [-0.39, 0.29) is 6.04 Å². The SMILES string of the molecule is Cc1cc(Cl)cc(C(N)Cc2c(Cl)c(C)nn2C)c1. The number of nitrogens with two attached hydrogens (primary N) is 1. The summed E-state index contributed by atoms with van der Waals surface area (Å²) in [6.45, 7) is 3.89. The molecule has 0 saturated heterocycles. The second-order valence-electron chi connectivity index (χ2n) is 4.84. The van der Waals surface area contributed by atoms with Crippen molar-refractivity contribution in [2.75, 3.05) is 0 Å². The summed E-state index contributed by atoms with van der Waals surface area (Å²) in [6, 6.07) is 5.72. The first-order valence-electron chi connectivity index (χ1n) is 6.09. The molecule has 2 rings (SSSR count). The minimum Gasteiger partial charge on any atom is -0.324 e. The van der Waals surface area contributed by atoms with Crippen molar-refractivity contribution in [1.82, 2.24) is 9.78 Å². The highest BCUT2D eigenvalue weighted by Crippen LogP contribution is 2.26. The highest BCUT2D eigenvalue weighted by atomic mass is 35.5. The first kappa shape index (κ1) is 14.4. The molecule has 0 spiro atoms. The highest BCUT2D eigenvalue weighted by molar-refractivity contribution is 6.32. The molecular formula is C14H17Cl2N3. The highest BCUT2D eigenvalue weighted by Gasteiger charge is 2.16. The van der Waals surface area contributed by atoms with Crippen LogP contribution in [-0.4, -0.2) is 9.78 Å². The molecule has 0 aliphatic heterocycles. The number of rotatable bonds is 3. The lowest BCUT2D eigenvalue weighted by atomic mass is 10.0. The summed E-state index contributed by atoms with van der Waals surface area (Å²) in [5.41, 5.74) is 10.1. The molecule has 0 bridgehead atoms. The fourth-order valence-corrected chi connectivity index (χ4v) is 2.74. The maximum absolute atomic E-state index is 6.25. The number of nitrogens with zero attached hydrogens (tertiary/aromatic N) is 2. The van der Waals surface area contributed by atoms with Gasteiger partial charge in [0.05, 0.1) is 16.4 Å². The van der Waals surface area contributed by atoms with Crippen molar-refractivity contribution in [3.63, 3.8) is 0 Å². The Morgan fingerprint density at radius 1 is 1.26 bits per heavy atom. The molecule has 1 aromatic carbocycles. The average molecular weight is 298 g/mol. The van der Waals surface area contributed by atoms with Crippen LogP contribution in [0.3, 0.4) is 0 Å². The third-order valence-corrected chi connectivity index (χ3v) is 3.88. The van der Waals surface area contributed by atoms with Crippen molar-refractivity contribution in [2.45, 2.75) is 26.3 Å². The van der Waals surface area contributed by atoms with Crippen molar-refractivity contribution < 1.29 is 0 Å². The summed E-state index contributed by atoms with van der Waals surface area (Å²) >= 11 is 12.3. The van der Waals surface area contributed by atoms with Crippen molar-refractivity contribution in [3.8, 4) is 0 Å². The van der Waals surface area contributed by atoms with E-state index in [1.165, 1.54) is 0 Å². The zero-order valence-corrected chi connectivity index (χ0v) is 12.8. The molecule has 1 atom stereocenters. The third kappa shape index (κ3) is 3.11. The number of hydrogen-bond donors (Lipinski definition) is 1. The van der Waals surface area contributed by atoms with Crippen LogP contribution in [0.15, 0.2) is 18.2 Å². The van der Waals surface area contributed by atoms with Crippen molar-refractivity contribution in [1.29, 1.82) is 0 Å². The molecule has 5 heteroatoms. The lowest BCUT2D eigenvalue weighted by molar-refractivity contribution is 0.639. The molecule has 0 aliphatic rings. The second-order valence-corrected chi connectivity index (χ2v) is 5.66. The maximum atomic E-state index is 6.25. The van der Waals surface area contributed by atoms with Gasteiger partial charge in [0, 0.05) is 24.5 Å². The summed E-state index contributed by atoms with van der Waals surface area (Å²) in [6.07, 6.45) is 0.635. The van der Waals surface area contributed by atoms with Crippen LogP contribution in [-0.2, 0) is 13.5 Å². The van der Waals surface area contributed by atoms with Gasteiger partial charge >= 0.3 is 0 Å². The van der Waals surface area contributed by atoms with E-state index in [9.17, 15) is 0 Å². The fourth-order valence-electron chi connectivity index (χ4n) is 2.21. The first-order chi connectivity index (χ1) is 8.88. The van der Waals surface area contributed by atoms with Crippen LogP contribution in [0.2, 0.25) is 10.0 Å². The summed E-state index contributed by atoms with van der Waals surface area (Å²) in [4.78, 5) is 0. The Morgan fingerprint density at radius 2 is 1.95 bits per heavy atom. The zero-order valence-electron chi connectivity index (χ0n) is 11.2. The summed E-state index contributed by atoms with van der Waals surface area (Å²) in [5.74, 6) is 0. The van der Waals surface area contributed by atoms with Gasteiger partial charge in [-0.05, 0) is 37.1 Å². The molecule has 1 heterocycles. The number of aryl methyl sites for hydroxylation is 3. The van der Waals surface area contributed by atoms with Gasteiger partial charge < -0.3 is 5.73 Å². The largest absolute Gasteiger partial charge is 0.324 e. The van der Waals surface area contributed by atoms with E-state index in [4.69, 9.17) is 28.9 Å². The molecule has 19 heavy (non-hydrogen) atoms. The van der Waals surface area contributed by atoms with E-state index >= 15 is 0 Å². The van der Waals surface area contributed by atoms with Gasteiger partial charge in [-0.25, -0.2) is 0 Å².